The molecule has 3 fully saturated rings. The molecule has 0 saturated carbocycles. The van der Waals surface area contributed by atoms with Crippen LogP contribution in [0.25, 0.3) is 0 Å². The molecule has 182 valence electrons. The number of hydrogen-bond acceptors (Lipinski definition) is 8. The van der Waals surface area contributed by atoms with E-state index in [2.05, 4.69) is 10.3 Å². The monoisotopic (exact) mass is 471 g/mol. The van der Waals surface area contributed by atoms with Gasteiger partial charge in [-0.05, 0) is 45.9 Å². The summed E-state index contributed by atoms with van der Waals surface area (Å²) >= 11 is 0. The molecule has 3 saturated heterocycles. The Hall–Kier alpha value is -2.63. The number of aromatic nitrogens is 2. The van der Waals surface area contributed by atoms with Crippen molar-refractivity contribution in [2.24, 2.45) is 0 Å². The number of carbonyl (C=O) groups excluding carboxylic acids is 1. The lowest BCUT2D eigenvalue weighted by atomic mass is 10.0. The maximum Gasteiger partial charge on any atom is 0.351 e. The molecular formula is C24H29N3O7. The summed E-state index contributed by atoms with van der Waals surface area (Å²) in [6.07, 6.45) is -0.363. The predicted octanol–water partition coefficient (Wildman–Crippen LogP) is 2.45. The van der Waals surface area contributed by atoms with Crippen molar-refractivity contribution in [3.8, 4) is 0 Å². The van der Waals surface area contributed by atoms with E-state index >= 15 is 0 Å². The molecular weight excluding hydrogens is 442 g/mol. The molecule has 34 heavy (non-hydrogen) atoms. The zero-order chi connectivity index (χ0) is 24.1. The topological polar surface area (TPSA) is 110 Å². The van der Waals surface area contributed by atoms with Gasteiger partial charge in [0.1, 0.15) is 30.4 Å². The van der Waals surface area contributed by atoms with Crippen LogP contribution in [0.4, 0.5) is 5.82 Å². The van der Waals surface area contributed by atoms with Crippen LogP contribution < -0.4 is 11.0 Å². The van der Waals surface area contributed by atoms with Crippen molar-refractivity contribution in [3.63, 3.8) is 0 Å². The van der Waals surface area contributed by atoms with Crippen molar-refractivity contribution in [1.82, 2.24) is 9.55 Å². The normalized spacial score (nSPS) is 31.7. The summed E-state index contributed by atoms with van der Waals surface area (Å²) in [5.74, 6) is -1.77. The minimum Gasteiger partial charge on any atom is -0.349 e. The fourth-order valence-corrected chi connectivity index (χ4v) is 4.65. The van der Waals surface area contributed by atoms with Crippen LogP contribution >= 0.6 is 0 Å². The van der Waals surface area contributed by atoms with E-state index in [-0.39, 0.29) is 30.5 Å². The number of ether oxygens (including phenoxy) is 5. The van der Waals surface area contributed by atoms with Gasteiger partial charge in [-0.15, -0.1) is 0 Å². The number of carbonyl (C=O) groups is 1. The molecule has 0 spiro atoms. The molecule has 4 heterocycles. The van der Waals surface area contributed by atoms with E-state index in [0.717, 1.165) is 0 Å². The van der Waals surface area contributed by atoms with Crippen molar-refractivity contribution >= 4 is 11.7 Å². The number of nitrogens with one attached hydrogen (secondary N) is 1. The van der Waals surface area contributed by atoms with Crippen LogP contribution in [0.3, 0.4) is 0 Å². The molecule has 0 radical (unpaired) electrons. The van der Waals surface area contributed by atoms with Crippen LogP contribution in [0.1, 0.15) is 50.7 Å². The van der Waals surface area contributed by atoms with Gasteiger partial charge < -0.3 is 29.0 Å². The summed E-state index contributed by atoms with van der Waals surface area (Å²) in [6, 6.07) is 10.3. The second-order valence-electron chi connectivity index (χ2n) is 9.62. The molecule has 3 aliphatic heterocycles. The zero-order valence-electron chi connectivity index (χ0n) is 19.6. The van der Waals surface area contributed by atoms with Gasteiger partial charge in [-0.25, -0.2) is 4.79 Å². The Kier molecular flexibility index (Phi) is 5.81. The number of hydrogen-bond donors (Lipinski definition) is 1. The average molecular weight is 472 g/mol. The third kappa shape index (κ3) is 4.64. The smallest absolute Gasteiger partial charge is 0.349 e. The van der Waals surface area contributed by atoms with Crippen LogP contribution in [-0.4, -0.2) is 58.1 Å². The molecule has 3 aliphatic rings. The quantitative estimate of drug-likeness (QED) is 0.727. The molecule has 0 bridgehead atoms. The summed E-state index contributed by atoms with van der Waals surface area (Å²) in [7, 11) is 0. The Morgan fingerprint density at radius 3 is 2.44 bits per heavy atom. The van der Waals surface area contributed by atoms with Gasteiger partial charge in [0.2, 0.25) is 0 Å². The minimum atomic E-state index is -0.790. The Labute approximate surface area is 197 Å². The van der Waals surface area contributed by atoms with E-state index in [1.807, 2.05) is 33.8 Å². The Balaban J connectivity index is 1.39. The molecule has 10 heteroatoms. The predicted molar refractivity (Wildman–Crippen MR) is 120 cm³/mol. The van der Waals surface area contributed by atoms with Crippen LogP contribution in [0, 0.1) is 0 Å². The molecule has 1 aromatic carbocycles. The standard InChI is InChI=1S/C24H29N3O7/c1-23(2)30-13-16-20(33-23)19-15(32-24(3,4)34-19)12-18(31-16)27-11-10-17(26-22(27)29)25-21(28)14-8-6-5-7-9-14/h5-11,15-16,18-20H,12-13H2,1-4H3,(H,25,26,28,29)/t15?,16?,18-,19?,20+/m0/s1. The van der Waals surface area contributed by atoms with Crippen LogP contribution in [0.15, 0.2) is 47.4 Å². The van der Waals surface area contributed by atoms with Gasteiger partial charge in [0.15, 0.2) is 11.6 Å². The Bertz CT molecular complexity index is 1120. The van der Waals surface area contributed by atoms with E-state index in [4.69, 9.17) is 23.7 Å². The second kappa shape index (κ2) is 8.54. The summed E-state index contributed by atoms with van der Waals surface area (Å²) in [5.41, 5.74) is -0.0825. The summed E-state index contributed by atoms with van der Waals surface area (Å²) in [4.78, 5) is 29.4. The first-order chi connectivity index (χ1) is 16.1. The second-order valence-corrected chi connectivity index (χ2v) is 9.62. The zero-order valence-corrected chi connectivity index (χ0v) is 19.6. The third-order valence-electron chi connectivity index (χ3n) is 6.11. The van der Waals surface area contributed by atoms with Crippen molar-refractivity contribution in [1.29, 1.82) is 0 Å². The molecule has 0 aliphatic carbocycles. The van der Waals surface area contributed by atoms with Gasteiger partial charge in [0, 0.05) is 18.2 Å². The van der Waals surface area contributed by atoms with Crippen molar-refractivity contribution in [2.45, 2.75) is 76.3 Å². The van der Waals surface area contributed by atoms with Crippen molar-refractivity contribution < 1.29 is 28.5 Å². The van der Waals surface area contributed by atoms with Gasteiger partial charge in [-0.3, -0.25) is 9.36 Å². The van der Waals surface area contributed by atoms with E-state index in [1.54, 1.807) is 36.5 Å². The van der Waals surface area contributed by atoms with Crippen molar-refractivity contribution in [3.05, 3.63) is 58.6 Å². The lowest BCUT2D eigenvalue weighted by Gasteiger charge is -2.42. The Morgan fingerprint density at radius 1 is 1.00 bits per heavy atom. The highest BCUT2D eigenvalue weighted by atomic mass is 16.8. The highest BCUT2D eigenvalue weighted by molar-refractivity contribution is 6.03. The number of anilines is 1. The molecule has 1 aromatic heterocycles. The maximum atomic E-state index is 12.9. The molecule has 1 N–H and O–H groups in total. The van der Waals surface area contributed by atoms with E-state index in [1.165, 1.54) is 4.57 Å². The van der Waals surface area contributed by atoms with Gasteiger partial charge in [0.25, 0.3) is 5.91 Å². The number of rotatable bonds is 3. The average Bonchev–Trinajstić information content (AvgIpc) is 3.01. The fourth-order valence-electron chi connectivity index (χ4n) is 4.65. The molecule has 5 atom stereocenters. The van der Waals surface area contributed by atoms with Crippen molar-refractivity contribution in [2.75, 3.05) is 11.9 Å². The first kappa shape index (κ1) is 23.1. The molecule has 1 amide bonds. The highest BCUT2D eigenvalue weighted by Gasteiger charge is 2.55. The molecule has 5 rings (SSSR count). The van der Waals surface area contributed by atoms with Gasteiger partial charge in [-0.2, -0.15) is 4.98 Å². The van der Waals surface area contributed by atoms with E-state index < -0.39 is 35.7 Å². The first-order valence-electron chi connectivity index (χ1n) is 11.4. The van der Waals surface area contributed by atoms with Gasteiger partial charge in [0.05, 0.1) is 12.7 Å². The van der Waals surface area contributed by atoms with Crippen LogP contribution in [-0.2, 0) is 23.7 Å². The summed E-state index contributed by atoms with van der Waals surface area (Å²) < 4.78 is 32.0. The van der Waals surface area contributed by atoms with Crippen LogP contribution in [0.5, 0.6) is 0 Å². The fraction of sp³-hybridized carbons (Fsp3) is 0.542. The minimum absolute atomic E-state index is 0.159. The number of amides is 1. The number of benzene rings is 1. The largest absolute Gasteiger partial charge is 0.351 e. The lowest BCUT2D eigenvalue weighted by Crippen LogP contribution is -2.55. The maximum absolute atomic E-state index is 12.9. The Morgan fingerprint density at radius 2 is 1.71 bits per heavy atom. The van der Waals surface area contributed by atoms with Crippen LogP contribution in [0.2, 0.25) is 0 Å². The van der Waals surface area contributed by atoms with E-state index in [0.29, 0.717) is 12.0 Å². The first-order valence-corrected chi connectivity index (χ1v) is 11.4. The van der Waals surface area contributed by atoms with Gasteiger partial charge >= 0.3 is 5.69 Å². The number of fused-ring (bicyclic) bond motifs is 3. The summed E-state index contributed by atoms with van der Waals surface area (Å²) in [6.45, 7) is 7.69. The molecule has 3 unspecified atom stereocenters. The van der Waals surface area contributed by atoms with E-state index in [9.17, 15) is 9.59 Å². The summed E-state index contributed by atoms with van der Waals surface area (Å²) in [5, 5.41) is 2.65. The highest BCUT2D eigenvalue weighted by Crippen LogP contribution is 2.42. The third-order valence-corrected chi connectivity index (χ3v) is 6.11. The number of nitrogens with zero attached hydrogens (tertiary/aromatic N) is 2. The molecule has 10 nitrogen and oxygen atoms in total. The SMILES string of the molecule is CC1(C)OC2C[C@@H](n3ccc(NC(=O)c4ccccc4)nc3=O)OC3COC(C)(C)O[C@H]3C2O1. The lowest BCUT2D eigenvalue weighted by molar-refractivity contribution is -0.331. The molecule has 2 aromatic rings. The van der Waals surface area contributed by atoms with Gasteiger partial charge in [-0.1, -0.05) is 18.2 Å².